The monoisotopic (exact) mass is 420 g/mol. The van der Waals surface area contributed by atoms with E-state index in [0.29, 0.717) is 25.9 Å². The van der Waals surface area contributed by atoms with E-state index in [-0.39, 0.29) is 34.5 Å². The van der Waals surface area contributed by atoms with Gasteiger partial charge in [0.2, 0.25) is 10.0 Å². The fourth-order valence-corrected chi connectivity index (χ4v) is 4.78. The van der Waals surface area contributed by atoms with Crippen LogP contribution in [0.5, 0.6) is 0 Å². The van der Waals surface area contributed by atoms with Crippen LogP contribution in [0.3, 0.4) is 0 Å². The highest BCUT2D eigenvalue weighted by Crippen LogP contribution is 2.24. The van der Waals surface area contributed by atoms with Crippen molar-refractivity contribution in [2.75, 3.05) is 33.9 Å². The minimum absolute atomic E-state index is 0. The van der Waals surface area contributed by atoms with Crippen LogP contribution >= 0.6 is 12.4 Å². The summed E-state index contributed by atoms with van der Waals surface area (Å²) in [5.74, 6) is -1.45. The van der Waals surface area contributed by atoms with Crippen molar-refractivity contribution in [2.24, 2.45) is 0 Å². The van der Waals surface area contributed by atoms with E-state index in [1.807, 2.05) is 6.92 Å². The minimum Gasteiger partial charge on any atom is -0.465 e. The van der Waals surface area contributed by atoms with E-state index in [2.05, 4.69) is 14.8 Å². The van der Waals surface area contributed by atoms with Gasteiger partial charge in [-0.25, -0.2) is 18.0 Å². The van der Waals surface area contributed by atoms with Gasteiger partial charge in [0.25, 0.3) is 0 Å². The molecular weight excluding hydrogens is 396 g/mol. The van der Waals surface area contributed by atoms with Gasteiger partial charge in [0.15, 0.2) is 0 Å². The fourth-order valence-electron chi connectivity index (χ4n) is 2.96. The number of hydrogen-bond acceptors (Lipinski definition) is 7. The Morgan fingerprint density at radius 1 is 1.15 bits per heavy atom. The van der Waals surface area contributed by atoms with Crippen molar-refractivity contribution in [1.82, 2.24) is 9.62 Å². The molecule has 8 nitrogen and oxygen atoms in total. The lowest BCUT2D eigenvalue weighted by molar-refractivity contribution is 0.0598. The maximum atomic E-state index is 13.2. The van der Waals surface area contributed by atoms with E-state index in [0.717, 1.165) is 6.54 Å². The molecule has 1 aromatic carbocycles. The Labute approximate surface area is 165 Å². The molecule has 1 saturated heterocycles. The summed E-state index contributed by atoms with van der Waals surface area (Å²) >= 11 is 0. The lowest BCUT2D eigenvalue weighted by atomic mass is 10.1. The third-order valence-corrected chi connectivity index (χ3v) is 6.17. The number of methoxy groups -OCH3 is 2. The Hall–Kier alpha value is -1.68. The number of benzene rings is 1. The second-order valence-corrected chi connectivity index (χ2v) is 7.88. The molecule has 2 rings (SSSR count). The number of halogens is 1. The van der Waals surface area contributed by atoms with Gasteiger partial charge in [-0.2, -0.15) is 4.31 Å². The summed E-state index contributed by atoms with van der Waals surface area (Å²) in [5.41, 5.74) is -0.0371. The average molecular weight is 421 g/mol. The molecule has 27 heavy (non-hydrogen) atoms. The molecule has 1 atom stereocenters. The summed E-state index contributed by atoms with van der Waals surface area (Å²) in [4.78, 5) is 23.7. The van der Waals surface area contributed by atoms with Crippen LogP contribution in [0.1, 0.15) is 40.5 Å². The topological polar surface area (TPSA) is 102 Å². The van der Waals surface area contributed by atoms with Crippen LogP contribution < -0.4 is 5.32 Å². The highest BCUT2D eigenvalue weighted by molar-refractivity contribution is 7.89. The van der Waals surface area contributed by atoms with Gasteiger partial charge in [-0.05, 0) is 37.6 Å². The predicted octanol–water partition coefficient (Wildman–Crippen LogP) is 1.44. The van der Waals surface area contributed by atoms with Crippen molar-refractivity contribution in [3.05, 3.63) is 29.3 Å². The molecule has 10 heteroatoms. The summed E-state index contributed by atoms with van der Waals surface area (Å²) in [7, 11) is -1.52. The Balaban J connectivity index is 0.00000364. The van der Waals surface area contributed by atoms with Crippen LogP contribution in [0, 0.1) is 0 Å². The number of esters is 2. The fraction of sp³-hybridized carbons (Fsp3) is 0.529. The van der Waals surface area contributed by atoms with E-state index >= 15 is 0 Å². The molecule has 0 aromatic heterocycles. The van der Waals surface area contributed by atoms with Crippen LogP contribution in [-0.2, 0) is 19.5 Å². The van der Waals surface area contributed by atoms with E-state index in [1.165, 1.54) is 36.7 Å². The zero-order chi connectivity index (χ0) is 19.3. The normalized spacial score (nSPS) is 16.7. The van der Waals surface area contributed by atoms with E-state index in [9.17, 15) is 18.0 Å². The van der Waals surface area contributed by atoms with Crippen molar-refractivity contribution in [3.8, 4) is 0 Å². The number of rotatable bonds is 7. The first-order valence-electron chi connectivity index (χ1n) is 8.39. The summed E-state index contributed by atoms with van der Waals surface area (Å²) in [6.07, 6.45) is 1.36. The Morgan fingerprint density at radius 2 is 1.70 bits per heavy atom. The van der Waals surface area contributed by atoms with Gasteiger partial charge in [-0.3, -0.25) is 0 Å². The molecule has 1 N–H and O–H groups in total. The molecule has 1 heterocycles. The number of carbonyl (C=O) groups is 2. The quantitative estimate of drug-likeness (QED) is 0.666. The van der Waals surface area contributed by atoms with Gasteiger partial charge >= 0.3 is 11.9 Å². The average Bonchev–Trinajstić information content (AvgIpc) is 3.18. The van der Waals surface area contributed by atoms with Gasteiger partial charge in [0, 0.05) is 19.1 Å². The number of hydrogen-bond donors (Lipinski definition) is 1. The van der Waals surface area contributed by atoms with Gasteiger partial charge in [-0.1, -0.05) is 6.92 Å². The van der Waals surface area contributed by atoms with Crippen LogP contribution in [-0.4, -0.2) is 64.6 Å². The van der Waals surface area contributed by atoms with E-state index in [4.69, 9.17) is 0 Å². The molecule has 1 aliphatic rings. The highest BCUT2D eigenvalue weighted by Gasteiger charge is 2.33. The minimum atomic E-state index is -3.90. The molecule has 0 saturated carbocycles. The van der Waals surface area contributed by atoms with Gasteiger partial charge in [0.05, 0.1) is 30.2 Å². The molecule has 0 bridgehead atoms. The number of ether oxygens (including phenoxy) is 2. The molecule has 0 radical (unpaired) electrons. The van der Waals surface area contributed by atoms with Crippen LogP contribution in [0.25, 0.3) is 0 Å². The Bertz CT molecular complexity index is 743. The van der Waals surface area contributed by atoms with Crippen LogP contribution in [0.2, 0.25) is 0 Å². The van der Waals surface area contributed by atoms with Crippen molar-refractivity contribution in [3.63, 3.8) is 0 Å². The van der Waals surface area contributed by atoms with E-state index < -0.39 is 22.0 Å². The van der Waals surface area contributed by atoms with Crippen LogP contribution in [0.4, 0.5) is 0 Å². The molecule has 152 valence electrons. The lowest BCUT2D eigenvalue weighted by Gasteiger charge is -2.27. The molecule has 0 spiro atoms. The first-order valence-corrected chi connectivity index (χ1v) is 9.83. The predicted molar refractivity (Wildman–Crippen MR) is 102 cm³/mol. The van der Waals surface area contributed by atoms with Gasteiger partial charge < -0.3 is 14.8 Å². The largest absolute Gasteiger partial charge is 0.465 e. The second-order valence-electron chi connectivity index (χ2n) is 5.99. The Kier molecular flexibility index (Phi) is 8.67. The standard InChI is InChI=1S/C17H24N2O6S.ClH/c1-4-7-19(14-5-6-18-11-14)26(22,23)15-9-12(16(20)24-2)8-13(10-15)17(21)25-3;/h8-10,14,18H,4-7,11H2,1-3H3;1H. The zero-order valence-corrected chi connectivity index (χ0v) is 17.2. The summed E-state index contributed by atoms with van der Waals surface area (Å²) < 4.78 is 37.2. The van der Waals surface area contributed by atoms with Crippen molar-refractivity contribution < 1.29 is 27.5 Å². The zero-order valence-electron chi connectivity index (χ0n) is 15.6. The SMILES string of the molecule is CCCN(C1CCNC1)S(=O)(=O)c1cc(C(=O)OC)cc(C(=O)OC)c1.Cl. The maximum absolute atomic E-state index is 13.2. The molecule has 1 aromatic rings. The molecule has 1 aliphatic heterocycles. The van der Waals surface area contributed by atoms with Gasteiger partial charge in [0.1, 0.15) is 0 Å². The molecule has 0 amide bonds. The smallest absolute Gasteiger partial charge is 0.337 e. The molecule has 1 fully saturated rings. The summed E-state index contributed by atoms with van der Waals surface area (Å²) in [6.45, 7) is 3.57. The molecule has 1 unspecified atom stereocenters. The van der Waals surface area contributed by atoms with Crippen molar-refractivity contribution >= 4 is 34.4 Å². The van der Waals surface area contributed by atoms with E-state index in [1.54, 1.807) is 0 Å². The Morgan fingerprint density at radius 3 is 2.11 bits per heavy atom. The number of nitrogens with one attached hydrogen (secondary N) is 1. The summed E-state index contributed by atoms with van der Waals surface area (Å²) in [6, 6.07) is 3.57. The lowest BCUT2D eigenvalue weighted by Crippen LogP contribution is -2.42. The highest BCUT2D eigenvalue weighted by atomic mass is 35.5. The molecule has 0 aliphatic carbocycles. The number of carbonyl (C=O) groups excluding carboxylic acids is 2. The number of nitrogens with zero attached hydrogens (tertiary/aromatic N) is 1. The van der Waals surface area contributed by atoms with Crippen molar-refractivity contribution in [2.45, 2.75) is 30.7 Å². The molecular formula is C17H25ClN2O6S. The third kappa shape index (κ3) is 5.19. The summed E-state index contributed by atoms with van der Waals surface area (Å²) in [5, 5.41) is 3.16. The second kappa shape index (κ2) is 10.0. The maximum Gasteiger partial charge on any atom is 0.337 e. The first kappa shape index (κ1) is 23.4. The number of sulfonamides is 1. The third-order valence-electron chi connectivity index (χ3n) is 4.24. The van der Waals surface area contributed by atoms with Crippen LogP contribution in [0.15, 0.2) is 23.1 Å². The first-order chi connectivity index (χ1) is 12.3. The van der Waals surface area contributed by atoms with Crippen molar-refractivity contribution in [1.29, 1.82) is 0 Å². The van der Waals surface area contributed by atoms with Gasteiger partial charge in [-0.15, -0.1) is 12.4 Å².